The van der Waals surface area contributed by atoms with Crippen LogP contribution in [0.4, 0.5) is 0 Å². The lowest BCUT2D eigenvalue weighted by Gasteiger charge is -2.55. The number of rotatable bonds is 4. The molecule has 0 bridgehead atoms. The lowest BCUT2D eigenvalue weighted by molar-refractivity contribution is -0.0888. The second-order valence-electron chi connectivity index (χ2n) is 6.96. The average molecular weight is 239 g/mol. The van der Waals surface area contributed by atoms with E-state index >= 15 is 0 Å². The third-order valence-electron chi connectivity index (χ3n) is 3.75. The smallest absolute Gasteiger partial charge is 0.101 e. The van der Waals surface area contributed by atoms with Crippen molar-refractivity contribution in [3.8, 4) is 0 Å². The second kappa shape index (κ2) is 5.01. The van der Waals surface area contributed by atoms with Crippen molar-refractivity contribution in [1.82, 2.24) is 4.90 Å². The molecule has 0 atom stereocenters. The molecule has 1 saturated heterocycles. The minimum Gasteiger partial charge on any atom is -0.499 e. The van der Waals surface area contributed by atoms with E-state index in [-0.39, 0.29) is 11.1 Å². The summed E-state index contributed by atoms with van der Waals surface area (Å²) in [5.41, 5.74) is 0.388. The molecule has 0 amide bonds. The first-order valence-electron chi connectivity index (χ1n) is 6.73. The molecule has 17 heavy (non-hydrogen) atoms. The van der Waals surface area contributed by atoms with Gasteiger partial charge in [0.2, 0.25) is 0 Å². The highest BCUT2D eigenvalue weighted by Crippen LogP contribution is 2.39. The van der Waals surface area contributed by atoms with Gasteiger partial charge in [-0.3, -0.25) is 4.90 Å². The highest BCUT2D eigenvalue weighted by atomic mass is 16.5. The molecule has 1 aliphatic heterocycles. The number of nitrogens with zero attached hydrogens (tertiary/aromatic N) is 1. The van der Waals surface area contributed by atoms with Gasteiger partial charge in [-0.05, 0) is 33.6 Å². The summed E-state index contributed by atoms with van der Waals surface area (Å²) in [5, 5.41) is 0. The first kappa shape index (κ1) is 14.6. The van der Waals surface area contributed by atoms with E-state index < -0.39 is 0 Å². The first-order chi connectivity index (χ1) is 7.69. The minimum atomic E-state index is 0.194. The molecule has 1 heterocycles. The largest absolute Gasteiger partial charge is 0.499 e. The summed E-state index contributed by atoms with van der Waals surface area (Å²) < 4.78 is 5.64. The van der Waals surface area contributed by atoms with E-state index in [9.17, 15) is 0 Å². The molecule has 1 aliphatic rings. The van der Waals surface area contributed by atoms with Crippen LogP contribution < -0.4 is 0 Å². The Labute approximate surface area is 107 Å². The lowest BCUT2D eigenvalue weighted by atomic mass is 9.77. The van der Waals surface area contributed by atoms with Crippen LogP contribution in [0.5, 0.6) is 0 Å². The fourth-order valence-corrected chi connectivity index (χ4v) is 3.32. The molecule has 0 spiro atoms. The zero-order valence-electron chi connectivity index (χ0n) is 12.4. The van der Waals surface area contributed by atoms with E-state index in [2.05, 4.69) is 53.0 Å². The molecule has 100 valence electrons. The molecule has 1 fully saturated rings. The van der Waals surface area contributed by atoms with Gasteiger partial charge >= 0.3 is 0 Å². The Hall–Kier alpha value is -0.500. The molecule has 2 nitrogen and oxygen atoms in total. The maximum Gasteiger partial charge on any atom is 0.101 e. The predicted molar refractivity (Wildman–Crippen MR) is 74.0 cm³/mol. The summed E-state index contributed by atoms with van der Waals surface area (Å²) in [6, 6.07) is 0. The molecule has 0 aromatic carbocycles. The summed E-state index contributed by atoms with van der Waals surface area (Å²) in [7, 11) is 0. The number of hydrogen-bond donors (Lipinski definition) is 0. The Morgan fingerprint density at radius 2 is 1.71 bits per heavy atom. The predicted octanol–water partition coefficient (Wildman–Crippen LogP) is 3.82. The quantitative estimate of drug-likeness (QED) is 0.691. The molecule has 1 rings (SSSR count). The van der Waals surface area contributed by atoms with Gasteiger partial charge in [-0.2, -0.15) is 0 Å². The summed E-state index contributed by atoms with van der Waals surface area (Å²) in [5.74, 6) is 0.699. The van der Waals surface area contributed by atoms with E-state index in [1.54, 1.807) is 6.26 Å². The average Bonchev–Trinajstić information content (AvgIpc) is 2.10. The van der Waals surface area contributed by atoms with Gasteiger partial charge in [-0.1, -0.05) is 20.4 Å². The van der Waals surface area contributed by atoms with Crippen molar-refractivity contribution in [2.75, 3.05) is 6.54 Å². The van der Waals surface area contributed by atoms with Crippen molar-refractivity contribution < 1.29 is 4.74 Å². The van der Waals surface area contributed by atoms with Gasteiger partial charge in [0.05, 0.1) is 6.26 Å². The third kappa shape index (κ3) is 3.48. The molecule has 0 unspecified atom stereocenters. The van der Waals surface area contributed by atoms with Crippen molar-refractivity contribution in [1.29, 1.82) is 0 Å². The topological polar surface area (TPSA) is 12.5 Å². The normalized spacial score (nSPS) is 24.9. The third-order valence-corrected chi connectivity index (χ3v) is 3.75. The Morgan fingerprint density at radius 1 is 1.24 bits per heavy atom. The number of likely N-dealkylation sites (tertiary alicyclic amines) is 1. The standard InChI is InChI=1S/C15H29NO/c1-8-17-13-9-14(4,5)16(11-12(2)3)15(6,7)10-13/h8,12-13H,1,9-11H2,2-7H3. The van der Waals surface area contributed by atoms with Crippen molar-refractivity contribution in [3.05, 3.63) is 12.8 Å². The van der Waals surface area contributed by atoms with Crippen LogP contribution >= 0.6 is 0 Å². The van der Waals surface area contributed by atoms with Crippen LogP contribution in [0.25, 0.3) is 0 Å². The van der Waals surface area contributed by atoms with Crippen molar-refractivity contribution in [2.24, 2.45) is 5.92 Å². The van der Waals surface area contributed by atoms with Gasteiger partial charge in [-0.15, -0.1) is 0 Å². The van der Waals surface area contributed by atoms with E-state index in [0.29, 0.717) is 12.0 Å². The Balaban J connectivity index is 2.87. The number of hydrogen-bond acceptors (Lipinski definition) is 2. The molecule has 0 aliphatic carbocycles. The van der Waals surface area contributed by atoms with Crippen LogP contribution in [0.3, 0.4) is 0 Å². The van der Waals surface area contributed by atoms with Crippen LogP contribution in [-0.2, 0) is 4.74 Å². The second-order valence-corrected chi connectivity index (χ2v) is 6.96. The number of piperidine rings is 1. The maximum absolute atomic E-state index is 5.64. The fourth-order valence-electron chi connectivity index (χ4n) is 3.32. The van der Waals surface area contributed by atoms with Crippen molar-refractivity contribution >= 4 is 0 Å². The highest BCUT2D eigenvalue weighted by molar-refractivity contribution is 5.01. The molecule has 0 aromatic heterocycles. The monoisotopic (exact) mass is 239 g/mol. The molecule has 0 radical (unpaired) electrons. The van der Waals surface area contributed by atoms with Gasteiger partial charge in [0.1, 0.15) is 6.10 Å². The van der Waals surface area contributed by atoms with Gasteiger partial charge in [0, 0.05) is 30.5 Å². The summed E-state index contributed by atoms with van der Waals surface area (Å²) in [6.07, 6.45) is 4.06. The van der Waals surface area contributed by atoms with E-state index in [1.807, 2.05) is 0 Å². The van der Waals surface area contributed by atoms with Crippen molar-refractivity contribution in [2.45, 2.75) is 71.6 Å². The van der Waals surface area contributed by atoms with Gasteiger partial charge < -0.3 is 4.74 Å². The van der Waals surface area contributed by atoms with E-state index in [4.69, 9.17) is 4.74 Å². The van der Waals surface area contributed by atoms with Crippen LogP contribution in [0, 0.1) is 5.92 Å². The van der Waals surface area contributed by atoms with E-state index in [0.717, 1.165) is 19.4 Å². The molecule has 0 aromatic rings. The molecular formula is C15H29NO. The summed E-state index contributed by atoms with van der Waals surface area (Å²) in [6.45, 7) is 18.7. The van der Waals surface area contributed by atoms with Crippen LogP contribution in [-0.4, -0.2) is 28.6 Å². The van der Waals surface area contributed by atoms with Gasteiger partial charge in [0.15, 0.2) is 0 Å². The highest BCUT2D eigenvalue weighted by Gasteiger charge is 2.45. The van der Waals surface area contributed by atoms with Crippen molar-refractivity contribution in [3.63, 3.8) is 0 Å². The van der Waals surface area contributed by atoms with Gasteiger partial charge in [0.25, 0.3) is 0 Å². The van der Waals surface area contributed by atoms with Crippen LogP contribution in [0.1, 0.15) is 54.4 Å². The maximum atomic E-state index is 5.64. The zero-order valence-corrected chi connectivity index (χ0v) is 12.4. The van der Waals surface area contributed by atoms with Crippen LogP contribution in [0.15, 0.2) is 12.8 Å². The Kier molecular flexibility index (Phi) is 4.29. The first-order valence-corrected chi connectivity index (χ1v) is 6.73. The SMILES string of the molecule is C=COC1CC(C)(C)N(CC(C)C)C(C)(C)C1. The van der Waals surface area contributed by atoms with E-state index in [1.165, 1.54) is 0 Å². The Morgan fingerprint density at radius 3 is 2.06 bits per heavy atom. The summed E-state index contributed by atoms with van der Waals surface area (Å²) >= 11 is 0. The minimum absolute atomic E-state index is 0.194. The summed E-state index contributed by atoms with van der Waals surface area (Å²) in [4.78, 5) is 2.65. The molecular weight excluding hydrogens is 210 g/mol. The van der Waals surface area contributed by atoms with Gasteiger partial charge in [-0.25, -0.2) is 0 Å². The van der Waals surface area contributed by atoms with Crippen LogP contribution in [0.2, 0.25) is 0 Å². The zero-order chi connectivity index (χ0) is 13.3. The molecule has 0 N–H and O–H groups in total. The molecule has 2 heteroatoms. The number of ether oxygens (including phenoxy) is 1. The lowest BCUT2D eigenvalue weighted by Crippen LogP contribution is -2.62. The molecule has 0 saturated carbocycles. The Bertz CT molecular complexity index is 250. The fraction of sp³-hybridized carbons (Fsp3) is 0.867.